The standard InChI is InChI=1S/C14H28N6/c1-15-10-13-11-20(17-16-13)9-8-19(4)12-14(18(2)3)6-5-7-14/h11,15H,5-10,12H2,1-4H3. The molecule has 1 aromatic heterocycles. The zero-order valence-corrected chi connectivity index (χ0v) is 13.3. The minimum Gasteiger partial charge on any atom is -0.314 e. The summed E-state index contributed by atoms with van der Waals surface area (Å²) in [6, 6.07) is 0. The van der Waals surface area contributed by atoms with Gasteiger partial charge in [-0.2, -0.15) is 0 Å². The van der Waals surface area contributed by atoms with Crippen molar-refractivity contribution in [2.75, 3.05) is 41.3 Å². The molecule has 0 aliphatic heterocycles. The van der Waals surface area contributed by atoms with Crippen molar-refractivity contribution in [3.8, 4) is 0 Å². The largest absolute Gasteiger partial charge is 0.314 e. The predicted molar refractivity (Wildman–Crippen MR) is 80.6 cm³/mol. The fourth-order valence-corrected chi connectivity index (χ4v) is 2.90. The van der Waals surface area contributed by atoms with E-state index >= 15 is 0 Å². The summed E-state index contributed by atoms with van der Waals surface area (Å²) < 4.78 is 1.94. The highest BCUT2D eigenvalue weighted by atomic mass is 15.4. The second-order valence-corrected chi connectivity index (χ2v) is 6.21. The lowest BCUT2D eigenvalue weighted by atomic mass is 9.75. The Kier molecular flexibility index (Phi) is 5.12. The van der Waals surface area contributed by atoms with Crippen LogP contribution in [0.15, 0.2) is 6.20 Å². The Balaban J connectivity index is 1.78. The van der Waals surface area contributed by atoms with Crippen LogP contribution < -0.4 is 5.32 Å². The molecule has 0 bridgehead atoms. The molecule has 0 unspecified atom stereocenters. The van der Waals surface area contributed by atoms with Crippen LogP contribution in [0.25, 0.3) is 0 Å². The van der Waals surface area contributed by atoms with Crippen LogP contribution in [-0.4, -0.2) is 71.6 Å². The van der Waals surface area contributed by atoms with E-state index in [1.807, 2.05) is 17.9 Å². The van der Waals surface area contributed by atoms with Gasteiger partial charge in [0.2, 0.25) is 0 Å². The van der Waals surface area contributed by atoms with Gasteiger partial charge in [-0.25, -0.2) is 0 Å². The Hall–Kier alpha value is -0.980. The van der Waals surface area contributed by atoms with Gasteiger partial charge in [0.25, 0.3) is 0 Å². The molecule has 0 saturated heterocycles. The minimum atomic E-state index is 0.397. The van der Waals surface area contributed by atoms with Crippen LogP contribution in [0.4, 0.5) is 0 Å². The van der Waals surface area contributed by atoms with Crippen LogP contribution in [0.1, 0.15) is 25.0 Å². The topological polar surface area (TPSA) is 49.2 Å². The number of rotatable bonds is 8. The van der Waals surface area contributed by atoms with Gasteiger partial charge in [0.1, 0.15) is 0 Å². The molecule has 1 fully saturated rings. The first-order valence-corrected chi connectivity index (χ1v) is 7.45. The van der Waals surface area contributed by atoms with E-state index in [1.54, 1.807) is 0 Å². The molecule has 20 heavy (non-hydrogen) atoms. The summed E-state index contributed by atoms with van der Waals surface area (Å²) in [7, 11) is 8.53. The molecule has 0 spiro atoms. The lowest BCUT2D eigenvalue weighted by Crippen LogP contribution is -2.56. The summed E-state index contributed by atoms with van der Waals surface area (Å²) in [6.45, 7) is 3.83. The van der Waals surface area contributed by atoms with Crippen LogP contribution in [0.2, 0.25) is 0 Å². The molecule has 0 aromatic carbocycles. The Morgan fingerprint density at radius 1 is 1.35 bits per heavy atom. The lowest BCUT2D eigenvalue weighted by Gasteiger charge is -2.49. The van der Waals surface area contributed by atoms with Crippen molar-refractivity contribution in [1.29, 1.82) is 0 Å². The second kappa shape index (κ2) is 6.65. The minimum absolute atomic E-state index is 0.397. The summed E-state index contributed by atoms with van der Waals surface area (Å²) in [5.74, 6) is 0. The van der Waals surface area contributed by atoms with Crippen LogP contribution in [0.3, 0.4) is 0 Å². The number of hydrogen-bond acceptors (Lipinski definition) is 5. The first kappa shape index (κ1) is 15.4. The van der Waals surface area contributed by atoms with E-state index in [-0.39, 0.29) is 0 Å². The maximum absolute atomic E-state index is 4.16. The van der Waals surface area contributed by atoms with Gasteiger partial charge in [-0.05, 0) is 47.5 Å². The summed E-state index contributed by atoms with van der Waals surface area (Å²) in [6.07, 6.45) is 6.03. The summed E-state index contributed by atoms with van der Waals surface area (Å²) >= 11 is 0. The van der Waals surface area contributed by atoms with Crippen molar-refractivity contribution >= 4 is 0 Å². The molecule has 1 saturated carbocycles. The molecule has 2 rings (SSSR count). The maximum Gasteiger partial charge on any atom is 0.0964 e. The normalized spacial score (nSPS) is 17.7. The lowest BCUT2D eigenvalue weighted by molar-refractivity contribution is 0.0269. The number of likely N-dealkylation sites (N-methyl/N-ethyl adjacent to an activating group) is 2. The SMILES string of the molecule is CNCc1cn(CCN(C)CC2(N(C)C)CCC2)nn1. The Bertz CT molecular complexity index is 410. The van der Waals surface area contributed by atoms with E-state index in [4.69, 9.17) is 0 Å². The van der Waals surface area contributed by atoms with Crippen molar-refractivity contribution in [3.05, 3.63) is 11.9 Å². The maximum atomic E-state index is 4.16. The molecule has 6 heteroatoms. The Labute approximate surface area is 122 Å². The molecular weight excluding hydrogens is 252 g/mol. The van der Waals surface area contributed by atoms with Crippen LogP contribution >= 0.6 is 0 Å². The van der Waals surface area contributed by atoms with Gasteiger partial charge in [0.15, 0.2) is 0 Å². The molecule has 0 atom stereocenters. The molecule has 6 nitrogen and oxygen atoms in total. The van der Waals surface area contributed by atoms with Crippen molar-refractivity contribution in [2.45, 2.75) is 37.9 Å². The third-order valence-corrected chi connectivity index (χ3v) is 4.45. The van der Waals surface area contributed by atoms with Crippen LogP contribution in [-0.2, 0) is 13.1 Å². The zero-order valence-electron chi connectivity index (χ0n) is 13.3. The van der Waals surface area contributed by atoms with Crippen molar-refractivity contribution in [1.82, 2.24) is 30.1 Å². The molecule has 114 valence electrons. The molecule has 1 aliphatic rings. The van der Waals surface area contributed by atoms with E-state index in [1.165, 1.54) is 19.3 Å². The molecule has 1 aliphatic carbocycles. The number of nitrogens with one attached hydrogen (secondary N) is 1. The highest BCUT2D eigenvalue weighted by Gasteiger charge is 2.39. The van der Waals surface area contributed by atoms with Crippen molar-refractivity contribution in [2.24, 2.45) is 0 Å². The fourth-order valence-electron chi connectivity index (χ4n) is 2.90. The van der Waals surface area contributed by atoms with Crippen molar-refractivity contribution < 1.29 is 0 Å². The van der Waals surface area contributed by atoms with Gasteiger partial charge in [0, 0.05) is 31.4 Å². The van der Waals surface area contributed by atoms with Gasteiger partial charge < -0.3 is 15.1 Å². The number of nitrogens with zero attached hydrogens (tertiary/aromatic N) is 5. The Morgan fingerprint density at radius 3 is 2.65 bits per heavy atom. The molecule has 1 heterocycles. The van der Waals surface area contributed by atoms with E-state index in [9.17, 15) is 0 Å². The number of aromatic nitrogens is 3. The van der Waals surface area contributed by atoms with E-state index in [0.29, 0.717) is 5.54 Å². The average molecular weight is 280 g/mol. The third kappa shape index (κ3) is 3.56. The summed E-state index contributed by atoms with van der Waals surface area (Å²) in [4.78, 5) is 4.81. The van der Waals surface area contributed by atoms with E-state index < -0.39 is 0 Å². The monoisotopic (exact) mass is 280 g/mol. The van der Waals surface area contributed by atoms with Gasteiger partial charge in [-0.3, -0.25) is 4.68 Å². The first-order valence-electron chi connectivity index (χ1n) is 7.45. The number of hydrogen-bond donors (Lipinski definition) is 1. The smallest absolute Gasteiger partial charge is 0.0964 e. The van der Waals surface area contributed by atoms with E-state index in [2.05, 4.69) is 46.6 Å². The quantitative estimate of drug-likeness (QED) is 0.747. The molecule has 1 aromatic rings. The van der Waals surface area contributed by atoms with Gasteiger partial charge in [-0.1, -0.05) is 5.21 Å². The third-order valence-electron chi connectivity index (χ3n) is 4.45. The molecular formula is C14H28N6. The van der Waals surface area contributed by atoms with Gasteiger partial charge in [-0.15, -0.1) is 5.10 Å². The van der Waals surface area contributed by atoms with Gasteiger partial charge >= 0.3 is 0 Å². The average Bonchev–Trinajstić information content (AvgIpc) is 2.79. The second-order valence-electron chi connectivity index (χ2n) is 6.21. The summed E-state index contributed by atoms with van der Waals surface area (Å²) in [5.41, 5.74) is 1.40. The Morgan fingerprint density at radius 2 is 2.10 bits per heavy atom. The molecule has 1 N–H and O–H groups in total. The molecule has 0 radical (unpaired) electrons. The zero-order chi connectivity index (χ0) is 14.6. The summed E-state index contributed by atoms with van der Waals surface area (Å²) in [5, 5.41) is 11.4. The van der Waals surface area contributed by atoms with Crippen molar-refractivity contribution in [3.63, 3.8) is 0 Å². The first-order chi connectivity index (χ1) is 9.55. The fraction of sp³-hybridized carbons (Fsp3) is 0.857. The predicted octanol–water partition coefficient (Wildman–Crippen LogP) is 0.414. The van der Waals surface area contributed by atoms with Crippen LogP contribution in [0.5, 0.6) is 0 Å². The van der Waals surface area contributed by atoms with Gasteiger partial charge in [0.05, 0.1) is 12.2 Å². The van der Waals surface area contributed by atoms with Crippen LogP contribution in [0, 0.1) is 0 Å². The highest BCUT2D eigenvalue weighted by molar-refractivity contribution is 4.98. The highest BCUT2D eigenvalue weighted by Crippen LogP contribution is 2.36. The molecule has 0 amide bonds. The van der Waals surface area contributed by atoms with E-state index in [0.717, 1.165) is 31.9 Å².